The second-order valence-corrected chi connectivity index (χ2v) is 7.57. The summed E-state index contributed by atoms with van der Waals surface area (Å²) in [6, 6.07) is 6.44. The Bertz CT molecular complexity index is 826. The number of carboxylic acid groups (broad SMARTS) is 1. The molecular formula is C14H15N3O5S2. The molecule has 128 valence electrons. The number of nitrogens with one attached hydrogen (secondary N) is 1. The maximum atomic E-state index is 12.4. The number of anilines is 2. The van der Waals surface area contributed by atoms with Gasteiger partial charge in [0.2, 0.25) is 0 Å². The lowest BCUT2D eigenvalue weighted by Crippen LogP contribution is -2.36. The molecule has 0 spiro atoms. The molecular weight excluding hydrogens is 354 g/mol. The molecule has 1 saturated heterocycles. The van der Waals surface area contributed by atoms with E-state index in [0.717, 1.165) is 30.1 Å². The number of morpholine rings is 1. The summed E-state index contributed by atoms with van der Waals surface area (Å²) in [5.74, 6) is -1.28. The summed E-state index contributed by atoms with van der Waals surface area (Å²) in [7, 11) is -3.87. The van der Waals surface area contributed by atoms with Crippen molar-refractivity contribution >= 4 is 38.0 Å². The van der Waals surface area contributed by atoms with Crippen LogP contribution in [0.25, 0.3) is 0 Å². The maximum absolute atomic E-state index is 12.4. The normalized spacial score (nSPS) is 15.2. The first-order valence-electron chi connectivity index (χ1n) is 7.10. The number of nitrogens with zero attached hydrogens (tertiary/aromatic N) is 2. The molecule has 1 aromatic heterocycles. The van der Waals surface area contributed by atoms with Crippen LogP contribution in [0.2, 0.25) is 0 Å². The number of ether oxygens (including phenoxy) is 1. The lowest BCUT2D eigenvalue weighted by Gasteiger charge is -2.28. The van der Waals surface area contributed by atoms with Crippen LogP contribution in [-0.4, -0.2) is 50.8 Å². The zero-order valence-corrected chi connectivity index (χ0v) is 14.1. The van der Waals surface area contributed by atoms with Crippen LogP contribution in [0.3, 0.4) is 0 Å². The number of thiazole rings is 1. The maximum Gasteiger partial charge on any atom is 0.357 e. The second-order valence-electron chi connectivity index (χ2n) is 5.03. The van der Waals surface area contributed by atoms with Gasteiger partial charge in [-0.1, -0.05) is 0 Å². The van der Waals surface area contributed by atoms with Gasteiger partial charge in [-0.25, -0.2) is 18.2 Å². The number of benzene rings is 1. The number of sulfonamides is 1. The van der Waals surface area contributed by atoms with Crippen LogP contribution in [-0.2, 0) is 14.8 Å². The average molecular weight is 369 g/mol. The molecule has 0 atom stereocenters. The van der Waals surface area contributed by atoms with E-state index in [-0.39, 0.29) is 15.6 Å². The number of hydrogen-bond acceptors (Lipinski definition) is 7. The fourth-order valence-corrected chi connectivity index (χ4v) is 4.30. The number of hydrogen-bond donors (Lipinski definition) is 2. The highest BCUT2D eigenvalue weighted by Gasteiger charge is 2.21. The van der Waals surface area contributed by atoms with Crippen LogP contribution in [0.5, 0.6) is 0 Å². The quantitative estimate of drug-likeness (QED) is 0.821. The van der Waals surface area contributed by atoms with Crippen LogP contribution in [0.15, 0.2) is 34.7 Å². The van der Waals surface area contributed by atoms with Gasteiger partial charge in [0.1, 0.15) is 5.00 Å². The van der Waals surface area contributed by atoms with Gasteiger partial charge < -0.3 is 14.7 Å². The first kappa shape index (κ1) is 16.7. The molecule has 0 unspecified atom stereocenters. The van der Waals surface area contributed by atoms with Gasteiger partial charge in [0.15, 0.2) is 5.69 Å². The third kappa shape index (κ3) is 3.50. The monoisotopic (exact) mass is 369 g/mol. The SMILES string of the molecule is O=C(O)c1ncsc1NS(=O)(=O)c1ccc(N2CCOCC2)cc1. The van der Waals surface area contributed by atoms with Crippen LogP contribution in [0.1, 0.15) is 10.5 Å². The van der Waals surface area contributed by atoms with Gasteiger partial charge in [-0.3, -0.25) is 4.72 Å². The highest BCUT2D eigenvalue weighted by Crippen LogP contribution is 2.25. The Balaban J connectivity index is 1.79. The molecule has 0 bridgehead atoms. The first-order chi connectivity index (χ1) is 11.5. The molecule has 2 N–H and O–H groups in total. The summed E-state index contributed by atoms with van der Waals surface area (Å²) in [4.78, 5) is 16.8. The van der Waals surface area contributed by atoms with Gasteiger partial charge in [-0.15, -0.1) is 11.3 Å². The van der Waals surface area contributed by atoms with Crippen LogP contribution < -0.4 is 9.62 Å². The van der Waals surface area contributed by atoms with E-state index in [2.05, 4.69) is 14.6 Å². The molecule has 10 heteroatoms. The molecule has 8 nitrogen and oxygen atoms in total. The molecule has 0 saturated carbocycles. The van der Waals surface area contributed by atoms with E-state index >= 15 is 0 Å². The lowest BCUT2D eigenvalue weighted by atomic mass is 10.2. The minimum atomic E-state index is -3.87. The van der Waals surface area contributed by atoms with E-state index in [4.69, 9.17) is 9.84 Å². The predicted molar refractivity (Wildman–Crippen MR) is 89.4 cm³/mol. The summed E-state index contributed by atoms with van der Waals surface area (Å²) in [6.07, 6.45) is 0. The number of carbonyl (C=O) groups is 1. The van der Waals surface area contributed by atoms with Crippen molar-refractivity contribution in [3.05, 3.63) is 35.5 Å². The highest BCUT2D eigenvalue weighted by atomic mass is 32.2. The minimum absolute atomic E-state index is 0.0141. The Morgan fingerprint density at radius 3 is 2.54 bits per heavy atom. The van der Waals surface area contributed by atoms with Crippen molar-refractivity contribution < 1.29 is 23.1 Å². The van der Waals surface area contributed by atoms with Gasteiger partial charge in [-0.2, -0.15) is 0 Å². The molecule has 1 aliphatic rings. The van der Waals surface area contributed by atoms with E-state index in [1.165, 1.54) is 17.6 Å². The molecule has 0 radical (unpaired) electrons. The highest BCUT2D eigenvalue weighted by molar-refractivity contribution is 7.93. The molecule has 0 amide bonds. The molecule has 24 heavy (non-hydrogen) atoms. The molecule has 1 fully saturated rings. The standard InChI is InChI=1S/C14H15N3O5S2/c18-14(19)12-13(23-9-15-12)16-24(20,21)11-3-1-10(2-4-11)17-5-7-22-8-6-17/h1-4,9,16H,5-8H2,(H,18,19). The summed E-state index contributed by atoms with van der Waals surface area (Å²) >= 11 is 0.921. The average Bonchev–Trinajstić information content (AvgIpc) is 3.03. The number of rotatable bonds is 5. The summed E-state index contributed by atoms with van der Waals surface area (Å²) < 4.78 is 32.4. The lowest BCUT2D eigenvalue weighted by molar-refractivity contribution is 0.0692. The van der Waals surface area contributed by atoms with Gasteiger partial charge in [0.25, 0.3) is 10.0 Å². The van der Waals surface area contributed by atoms with E-state index in [9.17, 15) is 13.2 Å². The first-order valence-corrected chi connectivity index (χ1v) is 9.46. The molecule has 0 aliphatic carbocycles. The van der Waals surface area contributed by atoms with Crippen LogP contribution >= 0.6 is 11.3 Å². The molecule has 1 aromatic carbocycles. The summed E-state index contributed by atoms with van der Waals surface area (Å²) in [6.45, 7) is 2.80. The van der Waals surface area contributed by atoms with Gasteiger partial charge >= 0.3 is 5.97 Å². The zero-order valence-electron chi connectivity index (χ0n) is 12.5. The Hall–Kier alpha value is -2.17. The van der Waals surface area contributed by atoms with E-state index in [0.29, 0.717) is 13.2 Å². The van der Waals surface area contributed by atoms with Crippen molar-refractivity contribution in [2.24, 2.45) is 0 Å². The Labute approximate surface area is 142 Å². The van der Waals surface area contributed by atoms with Crippen molar-refractivity contribution in [2.75, 3.05) is 35.9 Å². The molecule has 2 heterocycles. The third-order valence-electron chi connectivity index (χ3n) is 3.52. The fourth-order valence-electron chi connectivity index (χ4n) is 2.31. The molecule has 2 aromatic rings. The Kier molecular flexibility index (Phi) is 4.69. The predicted octanol–water partition coefficient (Wildman–Crippen LogP) is 1.48. The Morgan fingerprint density at radius 2 is 1.92 bits per heavy atom. The second kappa shape index (κ2) is 6.75. The smallest absolute Gasteiger partial charge is 0.357 e. The van der Waals surface area contributed by atoms with Crippen molar-refractivity contribution in [3.63, 3.8) is 0 Å². The number of aromatic nitrogens is 1. The van der Waals surface area contributed by atoms with Crippen molar-refractivity contribution in [1.29, 1.82) is 0 Å². The number of aromatic carboxylic acids is 1. The van der Waals surface area contributed by atoms with Crippen LogP contribution in [0.4, 0.5) is 10.7 Å². The molecule has 3 rings (SSSR count). The van der Waals surface area contributed by atoms with E-state index in [1.807, 2.05) is 0 Å². The minimum Gasteiger partial charge on any atom is -0.476 e. The summed E-state index contributed by atoms with van der Waals surface area (Å²) in [5, 5.41) is 8.98. The van der Waals surface area contributed by atoms with E-state index in [1.54, 1.807) is 12.1 Å². The zero-order chi connectivity index (χ0) is 17.2. The van der Waals surface area contributed by atoms with E-state index < -0.39 is 16.0 Å². The Morgan fingerprint density at radius 1 is 1.25 bits per heavy atom. The van der Waals surface area contributed by atoms with Gasteiger partial charge in [0, 0.05) is 18.8 Å². The topological polar surface area (TPSA) is 109 Å². The largest absolute Gasteiger partial charge is 0.476 e. The summed E-state index contributed by atoms with van der Waals surface area (Å²) in [5.41, 5.74) is 1.89. The third-order valence-corrected chi connectivity index (χ3v) is 5.76. The fraction of sp³-hybridized carbons (Fsp3) is 0.286. The van der Waals surface area contributed by atoms with Crippen LogP contribution in [0, 0.1) is 0 Å². The van der Waals surface area contributed by atoms with Crippen molar-refractivity contribution in [3.8, 4) is 0 Å². The van der Waals surface area contributed by atoms with Gasteiger partial charge in [-0.05, 0) is 24.3 Å². The molecule has 1 aliphatic heterocycles. The van der Waals surface area contributed by atoms with Crippen molar-refractivity contribution in [2.45, 2.75) is 4.90 Å². The number of carboxylic acids is 1. The van der Waals surface area contributed by atoms with Gasteiger partial charge in [0.05, 0.1) is 23.6 Å². The van der Waals surface area contributed by atoms with Crippen molar-refractivity contribution in [1.82, 2.24) is 4.98 Å².